The first-order valence-electron chi connectivity index (χ1n) is 7.97. The van der Waals surface area contributed by atoms with Crippen LogP contribution in [0.2, 0.25) is 0 Å². The zero-order valence-corrected chi connectivity index (χ0v) is 14.9. The molecule has 1 aromatic carbocycles. The number of ether oxygens (including phenoxy) is 1. The van der Waals surface area contributed by atoms with Crippen molar-refractivity contribution in [2.24, 2.45) is 5.10 Å². The summed E-state index contributed by atoms with van der Waals surface area (Å²) in [5.74, 6) is 1.87. The van der Waals surface area contributed by atoms with Crippen LogP contribution < -0.4 is 4.74 Å². The fourth-order valence-electron chi connectivity index (χ4n) is 2.21. The first kappa shape index (κ1) is 17.0. The molecule has 0 aliphatic heterocycles. The van der Waals surface area contributed by atoms with E-state index in [2.05, 4.69) is 46.3 Å². The Labute approximate surface area is 151 Å². The predicted molar refractivity (Wildman–Crippen MR) is 99.5 cm³/mol. The van der Waals surface area contributed by atoms with E-state index in [0.717, 1.165) is 11.3 Å². The molecule has 0 bridgehead atoms. The van der Waals surface area contributed by atoms with Crippen molar-refractivity contribution in [2.45, 2.75) is 26.4 Å². The number of benzene rings is 1. The number of hydrogen-bond donors (Lipinski definition) is 1. The molecule has 0 saturated heterocycles. The van der Waals surface area contributed by atoms with Crippen molar-refractivity contribution in [3.63, 3.8) is 0 Å². The van der Waals surface area contributed by atoms with Gasteiger partial charge in [-0.05, 0) is 53.5 Å². The van der Waals surface area contributed by atoms with Gasteiger partial charge in [0.2, 0.25) is 4.77 Å². The van der Waals surface area contributed by atoms with Crippen LogP contribution in [0.1, 0.15) is 36.7 Å². The first-order valence-corrected chi connectivity index (χ1v) is 8.38. The largest absolute Gasteiger partial charge is 0.486 e. The molecule has 0 unspecified atom stereocenters. The van der Waals surface area contributed by atoms with Gasteiger partial charge in [0.1, 0.15) is 12.4 Å². The Morgan fingerprint density at radius 3 is 2.60 bits per heavy atom. The average Bonchev–Trinajstić information content (AvgIpc) is 2.99. The molecule has 0 aliphatic carbocycles. The lowest BCUT2D eigenvalue weighted by Crippen LogP contribution is -2.04. The lowest BCUT2D eigenvalue weighted by atomic mass is 10.0. The van der Waals surface area contributed by atoms with Gasteiger partial charge in [0, 0.05) is 12.4 Å². The summed E-state index contributed by atoms with van der Waals surface area (Å²) in [6.07, 6.45) is 5.12. The van der Waals surface area contributed by atoms with Gasteiger partial charge in [-0.15, -0.1) is 0 Å². The second kappa shape index (κ2) is 7.85. The van der Waals surface area contributed by atoms with E-state index in [4.69, 9.17) is 17.0 Å². The second-order valence-corrected chi connectivity index (χ2v) is 6.18. The number of aromatic nitrogens is 4. The molecule has 3 aromatic rings. The van der Waals surface area contributed by atoms with Gasteiger partial charge in [-0.2, -0.15) is 14.9 Å². The number of pyridine rings is 1. The molecule has 0 aliphatic rings. The Hall–Kier alpha value is -2.80. The molecule has 2 aromatic heterocycles. The zero-order chi connectivity index (χ0) is 17.6. The van der Waals surface area contributed by atoms with Crippen molar-refractivity contribution >= 4 is 18.4 Å². The standard InChI is InChI=1S/C18H19N5OS/c1-13(2)15-3-5-16(6-4-15)24-12-17-21-22-18(25)23(17)20-11-14-7-9-19-10-8-14/h3-11,13H,12H2,1-2H3,(H,22,25)/b20-11-. The number of aromatic amines is 1. The maximum atomic E-state index is 5.80. The van der Waals surface area contributed by atoms with E-state index in [9.17, 15) is 0 Å². The molecule has 2 heterocycles. The lowest BCUT2D eigenvalue weighted by molar-refractivity contribution is 0.290. The van der Waals surface area contributed by atoms with E-state index in [0.29, 0.717) is 16.5 Å². The maximum absolute atomic E-state index is 5.80. The average molecular weight is 353 g/mol. The molecule has 25 heavy (non-hydrogen) atoms. The molecule has 0 saturated carbocycles. The highest BCUT2D eigenvalue weighted by molar-refractivity contribution is 7.71. The van der Waals surface area contributed by atoms with Crippen molar-refractivity contribution in [2.75, 3.05) is 0 Å². The fraction of sp³-hybridized carbons (Fsp3) is 0.222. The summed E-state index contributed by atoms with van der Waals surface area (Å²) in [6, 6.07) is 11.8. The highest BCUT2D eigenvalue weighted by Gasteiger charge is 2.06. The topological polar surface area (TPSA) is 68.1 Å². The molecule has 1 N–H and O–H groups in total. The van der Waals surface area contributed by atoms with E-state index in [1.165, 1.54) is 5.56 Å². The van der Waals surface area contributed by atoms with Gasteiger partial charge in [0.05, 0.1) is 6.21 Å². The molecular formula is C18H19N5OS. The van der Waals surface area contributed by atoms with Gasteiger partial charge in [-0.3, -0.25) is 4.98 Å². The SMILES string of the molecule is CC(C)c1ccc(OCc2n[nH]c(=S)n2/N=C\c2ccncc2)cc1. The first-order chi connectivity index (χ1) is 12.1. The van der Waals surface area contributed by atoms with E-state index in [1.54, 1.807) is 23.3 Å². The molecule has 0 atom stereocenters. The van der Waals surface area contributed by atoms with Crippen molar-refractivity contribution in [3.8, 4) is 5.75 Å². The van der Waals surface area contributed by atoms with Crippen LogP contribution >= 0.6 is 12.2 Å². The van der Waals surface area contributed by atoms with Crippen molar-refractivity contribution in [1.29, 1.82) is 0 Å². The van der Waals surface area contributed by atoms with Crippen molar-refractivity contribution in [1.82, 2.24) is 19.9 Å². The van der Waals surface area contributed by atoms with E-state index in [-0.39, 0.29) is 6.61 Å². The van der Waals surface area contributed by atoms with Gasteiger partial charge >= 0.3 is 0 Å². The number of nitrogens with zero attached hydrogens (tertiary/aromatic N) is 4. The highest BCUT2D eigenvalue weighted by Crippen LogP contribution is 2.19. The Kier molecular flexibility index (Phi) is 5.35. The number of rotatable bonds is 6. The third-order valence-corrected chi connectivity index (χ3v) is 3.92. The van der Waals surface area contributed by atoms with E-state index >= 15 is 0 Å². The maximum Gasteiger partial charge on any atom is 0.216 e. The van der Waals surface area contributed by atoms with Crippen LogP contribution in [0, 0.1) is 4.77 Å². The molecule has 0 radical (unpaired) electrons. The minimum Gasteiger partial charge on any atom is -0.486 e. The molecule has 6 nitrogen and oxygen atoms in total. The summed E-state index contributed by atoms with van der Waals surface area (Å²) in [5, 5.41) is 11.3. The lowest BCUT2D eigenvalue weighted by Gasteiger charge is -2.08. The fourth-order valence-corrected chi connectivity index (χ4v) is 2.41. The Balaban J connectivity index is 1.71. The Bertz CT molecular complexity index is 897. The van der Waals surface area contributed by atoms with Crippen LogP contribution in [0.15, 0.2) is 53.9 Å². The van der Waals surface area contributed by atoms with Crippen LogP contribution in [-0.2, 0) is 6.61 Å². The van der Waals surface area contributed by atoms with Gasteiger partial charge in [-0.25, -0.2) is 5.10 Å². The van der Waals surface area contributed by atoms with Gasteiger partial charge in [0.15, 0.2) is 5.82 Å². The molecule has 3 rings (SSSR count). The molecule has 7 heteroatoms. The summed E-state index contributed by atoms with van der Waals surface area (Å²) in [6.45, 7) is 4.59. The van der Waals surface area contributed by atoms with Crippen molar-refractivity contribution < 1.29 is 4.74 Å². The van der Waals surface area contributed by atoms with Crippen LogP contribution in [-0.4, -0.2) is 26.1 Å². The van der Waals surface area contributed by atoms with Crippen LogP contribution in [0.25, 0.3) is 0 Å². The summed E-state index contributed by atoms with van der Waals surface area (Å²) >= 11 is 5.23. The third kappa shape index (κ3) is 4.39. The number of hydrogen-bond acceptors (Lipinski definition) is 5. The van der Waals surface area contributed by atoms with Crippen molar-refractivity contribution in [3.05, 3.63) is 70.5 Å². The molecule has 128 valence electrons. The van der Waals surface area contributed by atoms with Crippen LogP contribution in [0.4, 0.5) is 0 Å². The monoisotopic (exact) mass is 353 g/mol. The normalized spacial score (nSPS) is 11.3. The zero-order valence-electron chi connectivity index (χ0n) is 14.1. The molecular weight excluding hydrogens is 334 g/mol. The van der Waals surface area contributed by atoms with Gasteiger partial charge in [-0.1, -0.05) is 26.0 Å². The Morgan fingerprint density at radius 1 is 1.20 bits per heavy atom. The second-order valence-electron chi connectivity index (χ2n) is 5.79. The van der Waals surface area contributed by atoms with Crippen LogP contribution in [0.5, 0.6) is 5.75 Å². The van der Waals surface area contributed by atoms with Crippen LogP contribution in [0.3, 0.4) is 0 Å². The summed E-state index contributed by atoms with van der Waals surface area (Å²) in [7, 11) is 0. The Morgan fingerprint density at radius 2 is 1.92 bits per heavy atom. The highest BCUT2D eigenvalue weighted by atomic mass is 32.1. The number of H-pyrrole nitrogens is 1. The smallest absolute Gasteiger partial charge is 0.216 e. The number of nitrogens with one attached hydrogen (secondary N) is 1. The summed E-state index contributed by atoms with van der Waals surface area (Å²) < 4.78 is 7.77. The molecule has 0 spiro atoms. The summed E-state index contributed by atoms with van der Waals surface area (Å²) in [4.78, 5) is 3.98. The molecule has 0 amide bonds. The van der Waals surface area contributed by atoms with Gasteiger partial charge in [0.25, 0.3) is 0 Å². The minimum absolute atomic E-state index is 0.266. The van der Waals surface area contributed by atoms with E-state index < -0.39 is 0 Å². The molecule has 0 fully saturated rings. The van der Waals surface area contributed by atoms with E-state index in [1.807, 2.05) is 24.3 Å². The minimum atomic E-state index is 0.266. The third-order valence-electron chi connectivity index (χ3n) is 3.66. The summed E-state index contributed by atoms with van der Waals surface area (Å²) in [5.41, 5.74) is 2.20. The van der Waals surface area contributed by atoms with Gasteiger partial charge < -0.3 is 4.74 Å². The predicted octanol–water partition coefficient (Wildman–Crippen LogP) is 3.92. The quantitative estimate of drug-likeness (QED) is 0.539.